The third kappa shape index (κ3) is 3.30. The first-order valence-electron chi connectivity index (χ1n) is 5.37. The highest BCUT2D eigenvalue weighted by molar-refractivity contribution is 7.99. The average molecular weight is 283 g/mol. The Morgan fingerprint density at radius 1 is 1.56 bits per heavy atom. The molecule has 0 aliphatic heterocycles. The number of aromatic amines is 1. The average Bonchev–Trinajstić information content (AvgIpc) is 2.94. The molecule has 2 heterocycles. The maximum Gasteiger partial charge on any atom is 0.263 e. The Bertz CT molecular complexity index is 522. The summed E-state index contributed by atoms with van der Waals surface area (Å²) >= 11 is 2.94. The van der Waals surface area contributed by atoms with E-state index in [1.54, 1.807) is 0 Å². The summed E-state index contributed by atoms with van der Waals surface area (Å²) in [7, 11) is 0. The quantitative estimate of drug-likeness (QED) is 0.640. The van der Waals surface area contributed by atoms with Crippen LogP contribution >= 0.6 is 23.1 Å². The molecule has 8 heteroatoms. The van der Waals surface area contributed by atoms with E-state index in [9.17, 15) is 4.79 Å². The molecule has 0 aromatic carbocycles. The lowest BCUT2D eigenvalue weighted by Gasteiger charge is -2.02. The lowest BCUT2D eigenvalue weighted by Crippen LogP contribution is -2.25. The highest BCUT2D eigenvalue weighted by Gasteiger charge is 2.12. The molecular formula is C10H13N5OS2. The van der Waals surface area contributed by atoms with Gasteiger partial charge in [0.2, 0.25) is 0 Å². The molecule has 2 aromatic heterocycles. The van der Waals surface area contributed by atoms with Crippen LogP contribution in [0.15, 0.2) is 11.5 Å². The van der Waals surface area contributed by atoms with Crippen molar-refractivity contribution in [2.45, 2.75) is 19.0 Å². The van der Waals surface area contributed by atoms with Gasteiger partial charge in [0.05, 0.1) is 10.7 Å². The SMILES string of the molecule is Cc1nc(C)c(C(=O)NCCSc2ncn[nH]2)s1. The molecule has 0 saturated carbocycles. The van der Waals surface area contributed by atoms with Crippen molar-refractivity contribution in [3.8, 4) is 0 Å². The Kier molecular flexibility index (Phi) is 4.32. The summed E-state index contributed by atoms with van der Waals surface area (Å²) in [6.07, 6.45) is 1.46. The number of carbonyl (C=O) groups excluding carboxylic acids is 1. The summed E-state index contributed by atoms with van der Waals surface area (Å²) in [6, 6.07) is 0. The molecule has 0 spiro atoms. The van der Waals surface area contributed by atoms with Crippen molar-refractivity contribution in [3.05, 3.63) is 21.9 Å². The smallest absolute Gasteiger partial charge is 0.263 e. The van der Waals surface area contributed by atoms with E-state index in [2.05, 4.69) is 25.5 Å². The highest BCUT2D eigenvalue weighted by Crippen LogP contribution is 2.16. The summed E-state index contributed by atoms with van der Waals surface area (Å²) in [6.45, 7) is 4.33. The Hall–Kier alpha value is -1.41. The van der Waals surface area contributed by atoms with E-state index in [0.29, 0.717) is 11.4 Å². The van der Waals surface area contributed by atoms with Crippen molar-refractivity contribution in [2.75, 3.05) is 12.3 Å². The Labute approximate surface area is 113 Å². The Morgan fingerprint density at radius 2 is 2.39 bits per heavy atom. The maximum absolute atomic E-state index is 11.9. The summed E-state index contributed by atoms with van der Waals surface area (Å²) in [5.41, 5.74) is 0.790. The first kappa shape index (κ1) is 13.0. The number of nitrogens with one attached hydrogen (secondary N) is 2. The first-order chi connectivity index (χ1) is 8.66. The molecule has 0 bridgehead atoms. The number of thiazole rings is 1. The van der Waals surface area contributed by atoms with Crippen molar-refractivity contribution >= 4 is 29.0 Å². The van der Waals surface area contributed by atoms with Crippen molar-refractivity contribution < 1.29 is 4.79 Å². The molecule has 96 valence electrons. The van der Waals surface area contributed by atoms with Gasteiger partial charge in [0.25, 0.3) is 5.91 Å². The second-order valence-electron chi connectivity index (χ2n) is 3.54. The van der Waals surface area contributed by atoms with Crippen LogP contribution in [0.1, 0.15) is 20.4 Å². The normalized spacial score (nSPS) is 10.6. The van der Waals surface area contributed by atoms with Crippen LogP contribution in [0, 0.1) is 13.8 Å². The number of aromatic nitrogens is 4. The van der Waals surface area contributed by atoms with Gasteiger partial charge in [-0.1, -0.05) is 11.8 Å². The minimum Gasteiger partial charge on any atom is -0.350 e. The van der Waals surface area contributed by atoms with Gasteiger partial charge in [-0.15, -0.1) is 11.3 Å². The van der Waals surface area contributed by atoms with E-state index in [0.717, 1.165) is 21.6 Å². The van der Waals surface area contributed by atoms with E-state index in [-0.39, 0.29) is 5.91 Å². The lowest BCUT2D eigenvalue weighted by atomic mass is 10.4. The second kappa shape index (κ2) is 5.96. The van der Waals surface area contributed by atoms with Crippen molar-refractivity contribution in [3.63, 3.8) is 0 Å². The van der Waals surface area contributed by atoms with E-state index in [4.69, 9.17) is 0 Å². The largest absolute Gasteiger partial charge is 0.350 e. The number of H-pyrrole nitrogens is 1. The molecule has 2 N–H and O–H groups in total. The van der Waals surface area contributed by atoms with Gasteiger partial charge in [-0.25, -0.2) is 9.97 Å². The van der Waals surface area contributed by atoms with Crippen molar-refractivity contribution in [2.24, 2.45) is 0 Å². The molecule has 2 rings (SSSR count). The van der Waals surface area contributed by atoms with E-state index in [1.807, 2.05) is 13.8 Å². The molecule has 0 atom stereocenters. The van der Waals surface area contributed by atoms with E-state index < -0.39 is 0 Å². The van der Waals surface area contributed by atoms with Gasteiger partial charge in [-0.3, -0.25) is 9.89 Å². The zero-order valence-corrected chi connectivity index (χ0v) is 11.7. The van der Waals surface area contributed by atoms with Crippen LogP contribution in [0.4, 0.5) is 0 Å². The molecule has 1 amide bonds. The molecule has 18 heavy (non-hydrogen) atoms. The summed E-state index contributed by atoms with van der Waals surface area (Å²) in [5.74, 6) is 0.689. The van der Waals surface area contributed by atoms with Gasteiger partial charge in [0.1, 0.15) is 11.2 Å². The van der Waals surface area contributed by atoms with Gasteiger partial charge >= 0.3 is 0 Å². The lowest BCUT2D eigenvalue weighted by molar-refractivity contribution is 0.0959. The van der Waals surface area contributed by atoms with Gasteiger partial charge < -0.3 is 5.32 Å². The van der Waals surface area contributed by atoms with Gasteiger partial charge in [0, 0.05) is 12.3 Å². The molecule has 0 saturated heterocycles. The Morgan fingerprint density at radius 3 is 3.00 bits per heavy atom. The number of thioether (sulfide) groups is 1. The van der Waals surface area contributed by atoms with Gasteiger partial charge in [-0.05, 0) is 13.8 Å². The zero-order valence-electron chi connectivity index (χ0n) is 10.1. The van der Waals surface area contributed by atoms with Crippen LogP contribution in [-0.4, -0.2) is 38.4 Å². The fraction of sp³-hybridized carbons (Fsp3) is 0.400. The van der Waals surface area contributed by atoms with Crippen LogP contribution in [0.25, 0.3) is 0 Å². The van der Waals surface area contributed by atoms with Crippen LogP contribution in [0.5, 0.6) is 0 Å². The molecule has 0 fully saturated rings. The van der Waals surface area contributed by atoms with E-state index >= 15 is 0 Å². The summed E-state index contributed by atoms with van der Waals surface area (Å²) in [5, 5.41) is 11.0. The number of nitrogens with zero attached hydrogens (tertiary/aromatic N) is 3. The van der Waals surface area contributed by atoms with Crippen LogP contribution in [-0.2, 0) is 0 Å². The van der Waals surface area contributed by atoms with E-state index in [1.165, 1.54) is 29.4 Å². The molecule has 6 nitrogen and oxygen atoms in total. The van der Waals surface area contributed by atoms with Crippen LogP contribution in [0.3, 0.4) is 0 Å². The molecular weight excluding hydrogens is 270 g/mol. The molecule has 0 unspecified atom stereocenters. The van der Waals surface area contributed by atoms with Crippen molar-refractivity contribution in [1.82, 2.24) is 25.5 Å². The predicted molar refractivity (Wildman–Crippen MR) is 71.0 cm³/mol. The topological polar surface area (TPSA) is 83.6 Å². The number of aryl methyl sites for hydroxylation is 2. The third-order valence-corrected chi connectivity index (χ3v) is 4.08. The number of amides is 1. The van der Waals surface area contributed by atoms with Crippen molar-refractivity contribution in [1.29, 1.82) is 0 Å². The standard InChI is InChI=1S/C10H13N5OS2/c1-6-8(18-7(2)14-6)9(16)11-3-4-17-10-12-5-13-15-10/h5H,3-4H2,1-2H3,(H,11,16)(H,12,13,15). The minimum atomic E-state index is -0.0590. The number of hydrogen-bond acceptors (Lipinski definition) is 6. The monoisotopic (exact) mass is 283 g/mol. The Balaban J connectivity index is 1.77. The summed E-state index contributed by atoms with van der Waals surface area (Å²) in [4.78, 5) is 20.8. The maximum atomic E-state index is 11.9. The number of rotatable bonds is 5. The fourth-order valence-electron chi connectivity index (χ4n) is 1.40. The minimum absolute atomic E-state index is 0.0590. The van der Waals surface area contributed by atoms with Crippen LogP contribution < -0.4 is 5.32 Å². The predicted octanol–water partition coefficient (Wildman–Crippen LogP) is 1.40. The van der Waals surface area contributed by atoms with Gasteiger partial charge in [-0.2, -0.15) is 5.10 Å². The molecule has 0 aliphatic carbocycles. The molecule has 0 aliphatic rings. The molecule has 0 radical (unpaired) electrons. The van der Waals surface area contributed by atoms with Crippen LogP contribution in [0.2, 0.25) is 0 Å². The first-order valence-corrected chi connectivity index (χ1v) is 7.17. The summed E-state index contributed by atoms with van der Waals surface area (Å²) < 4.78 is 0. The fourth-order valence-corrected chi connectivity index (χ4v) is 2.87. The second-order valence-corrected chi connectivity index (χ2v) is 5.83. The third-order valence-electron chi connectivity index (χ3n) is 2.13. The highest BCUT2D eigenvalue weighted by atomic mass is 32.2. The van der Waals surface area contributed by atoms with Gasteiger partial charge in [0.15, 0.2) is 5.16 Å². The molecule has 2 aromatic rings. The zero-order chi connectivity index (χ0) is 13.0. The number of hydrogen-bond donors (Lipinski definition) is 2. The number of carbonyl (C=O) groups is 1.